The molecule has 0 unspecified atom stereocenters. The van der Waals surface area contributed by atoms with E-state index in [0.29, 0.717) is 17.5 Å². The van der Waals surface area contributed by atoms with Crippen LogP contribution in [0.2, 0.25) is 0 Å². The standard InChI is InChI=1S/C30H32N2O3/c1-35-25-13-9-12-24(22-25)32-20-18-31(19-21-32)17-8-7-16-30(23-10-3-2-4-11-23)28(33)26-14-5-6-15-27(26)29(30)34/h2-6,9-15,22H,7-8,16-21H2,1H3. The van der Waals surface area contributed by atoms with Gasteiger partial charge in [0.2, 0.25) is 0 Å². The molecule has 35 heavy (non-hydrogen) atoms. The van der Waals surface area contributed by atoms with Crippen LogP contribution >= 0.6 is 0 Å². The lowest BCUT2D eigenvalue weighted by Crippen LogP contribution is -2.46. The number of anilines is 1. The van der Waals surface area contributed by atoms with Gasteiger partial charge in [-0.2, -0.15) is 0 Å². The van der Waals surface area contributed by atoms with E-state index in [1.165, 1.54) is 5.69 Å². The van der Waals surface area contributed by atoms with Gasteiger partial charge in [-0.25, -0.2) is 0 Å². The number of Topliss-reactive ketones (excluding diaryl/α,β-unsaturated/α-hetero) is 2. The van der Waals surface area contributed by atoms with Crippen LogP contribution in [0.1, 0.15) is 45.5 Å². The summed E-state index contributed by atoms with van der Waals surface area (Å²) in [6.45, 7) is 4.95. The summed E-state index contributed by atoms with van der Waals surface area (Å²) in [6, 6.07) is 25.1. The number of nitrogens with zero attached hydrogens (tertiary/aromatic N) is 2. The second kappa shape index (κ2) is 10.0. The number of hydrogen-bond donors (Lipinski definition) is 0. The minimum atomic E-state index is -1.09. The molecule has 1 fully saturated rings. The maximum absolute atomic E-state index is 13.6. The van der Waals surface area contributed by atoms with Crippen molar-refractivity contribution in [2.24, 2.45) is 0 Å². The van der Waals surface area contributed by atoms with E-state index >= 15 is 0 Å². The van der Waals surface area contributed by atoms with E-state index in [-0.39, 0.29) is 11.6 Å². The van der Waals surface area contributed by atoms with Crippen LogP contribution in [0.25, 0.3) is 0 Å². The van der Waals surface area contributed by atoms with Gasteiger partial charge in [0.1, 0.15) is 11.2 Å². The van der Waals surface area contributed by atoms with E-state index in [9.17, 15) is 9.59 Å². The molecule has 0 atom stereocenters. The monoisotopic (exact) mass is 468 g/mol. The highest BCUT2D eigenvalue weighted by Crippen LogP contribution is 2.43. The number of unbranched alkanes of at least 4 members (excludes halogenated alkanes) is 1. The minimum Gasteiger partial charge on any atom is -0.497 e. The summed E-state index contributed by atoms with van der Waals surface area (Å²) >= 11 is 0. The fraction of sp³-hybridized carbons (Fsp3) is 0.333. The van der Waals surface area contributed by atoms with Crippen LogP contribution in [-0.4, -0.2) is 56.3 Å². The first-order valence-electron chi connectivity index (χ1n) is 12.5. The van der Waals surface area contributed by atoms with Crippen molar-refractivity contribution in [1.29, 1.82) is 0 Å². The molecule has 5 nitrogen and oxygen atoms in total. The maximum atomic E-state index is 13.6. The Kier molecular flexibility index (Phi) is 6.69. The molecule has 180 valence electrons. The Balaban J connectivity index is 1.20. The maximum Gasteiger partial charge on any atom is 0.181 e. The fourth-order valence-corrected chi connectivity index (χ4v) is 5.56. The summed E-state index contributed by atoms with van der Waals surface area (Å²) in [4.78, 5) is 32.1. The Morgan fingerprint density at radius 1 is 0.771 bits per heavy atom. The lowest BCUT2D eigenvalue weighted by molar-refractivity contribution is 0.0779. The molecule has 0 aromatic heterocycles. The third kappa shape index (κ3) is 4.37. The Hall–Kier alpha value is -3.44. The molecule has 3 aromatic carbocycles. The molecule has 5 rings (SSSR count). The van der Waals surface area contributed by atoms with Crippen LogP contribution in [0.15, 0.2) is 78.9 Å². The van der Waals surface area contributed by atoms with E-state index in [1.807, 2.05) is 54.6 Å². The zero-order valence-corrected chi connectivity index (χ0v) is 20.3. The van der Waals surface area contributed by atoms with E-state index in [1.54, 1.807) is 19.2 Å². The number of benzene rings is 3. The molecule has 1 heterocycles. The average Bonchev–Trinajstić information content (AvgIpc) is 3.14. The molecule has 0 amide bonds. The lowest BCUT2D eigenvalue weighted by Gasteiger charge is -2.36. The van der Waals surface area contributed by atoms with Gasteiger partial charge in [-0.1, -0.05) is 67.1 Å². The van der Waals surface area contributed by atoms with Crippen molar-refractivity contribution >= 4 is 17.3 Å². The largest absolute Gasteiger partial charge is 0.497 e. The molecule has 0 radical (unpaired) electrons. The van der Waals surface area contributed by atoms with E-state index in [4.69, 9.17) is 4.74 Å². The Morgan fingerprint density at radius 3 is 2.09 bits per heavy atom. The second-order valence-electron chi connectivity index (χ2n) is 9.46. The summed E-state index contributed by atoms with van der Waals surface area (Å²) in [5, 5.41) is 0. The van der Waals surface area contributed by atoms with Crippen molar-refractivity contribution in [2.75, 3.05) is 44.7 Å². The number of hydrogen-bond acceptors (Lipinski definition) is 5. The van der Waals surface area contributed by atoms with Crippen molar-refractivity contribution < 1.29 is 14.3 Å². The SMILES string of the molecule is COc1cccc(N2CCN(CCCCC3(c4ccccc4)C(=O)c4ccccc4C3=O)CC2)c1. The summed E-state index contributed by atoms with van der Waals surface area (Å²) < 4.78 is 5.37. The first-order chi connectivity index (χ1) is 17.1. The number of carbonyl (C=O) groups excluding carboxylic acids is 2. The van der Waals surface area contributed by atoms with Gasteiger partial charge in [-0.05, 0) is 37.1 Å². The molecule has 0 N–H and O–H groups in total. The molecule has 1 aliphatic heterocycles. The van der Waals surface area contributed by atoms with Crippen molar-refractivity contribution in [2.45, 2.75) is 24.7 Å². The molecular weight excluding hydrogens is 436 g/mol. The first-order valence-corrected chi connectivity index (χ1v) is 12.5. The van der Waals surface area contributed by atoms with Crippen molar-refractivity contribution in [3.63, 3.8) is 0 Å². The average molecular weight is 469 g/mol. The molecule has 2 aliphatic rings. The smallest absolute Gasteiger partial charge is 0.181 e. The number of ketones is 2. The number of piperazine rings is 1. The molecule has 5 heteroatoms. The predicted molar refractivity (Wildman–Crippen MR) is 139 cm³/mol. The Bertz CT molecular complexity index is 1160. The lowest BCUT2D eigenvalue weighted by atomic mass is 9.72. The topological polar surface area (TPSA) is 49.9 Å². The zero-order chi connectivity index (χ0) is 24.3. The number of methoxy groups -OCH3 is 1. The predicted octanol–water partition coefficient (Wildman–Crippen LogP) is 5.00. The summed E-state index contributed by atoms with van der Waals surface area (Å²) in [7, 11) is 1.70. The van der Waals surface area contributed by atoms with E-state index in [0.717, 1.165) is 56.9 Å². The fourth-order valence-electron chi connectivity index (χ4n) is 5.56. The third-order valence-corrected chi connectivity index (χ3v) is 7.53. The Morgan fingerprint density at radius 2 is 1.43 bits per heavy atom. The Labute approximate surface area is 207 Å². The number of carbonyl (C=O) groups is 2. The van der Waals surface area contributed by atoms with Crippen LogP contribution in [-0.2, 0) is 5.41 Å². The van der Waals surface area contributed by atoms with E-state index < -0.39 is 5.41 Å². The summed E-state index contributed by atoms with van der Waals surface area (Å²) in [6.07, 6.45) is 2.34. The van der Waals surface area contributed by atoms with Crippen molar-refractivity contribution in [3.8, 4) is 5.75 Å². The highest BCUT2D eigenvalue weighted by atomic mass is 16.5. The highest BCUT2D eigenvalue weighted by molar-refractivity contribution is 6.33. The number of rotatable bonds is 8. The highest BCUT2D eigenvalue weighted by Gasteiger charge is 2.53. The van der Waals surface area contributed by atoms with Gasteiger partial charge in [-0.3, -0.25) is 14.5 Å². The molecule has 0 bridgehead atoms. The summed E-state index contributed by atoms with van der Waals surface area (Å²) in [5.74, 6) is 0.794. The quantitative estimate of drug-likeness (QED) is 0.344. The van der Waals surface area contributed by atoms with Crippen LogP contribution in [0.4, 0.5) is 5.69 Å². The first kappa shape index (κ1) is 23.3. The molecular formula is C30H32N2O3. The van der Waals surface area contributed by atoms with Crippen molar-refractivity contribution in [3.05, 3.63) is 95.6 Å². The normalized spacial score (nSPS) is 17.5. The number of fused-ring (bicyclic) bond motifs is 1. The minimum absolute atomic E-state index is 0.0452. The molecule has 1 aliphatic carbocycles. The molecule has 0 spiro atoms. The molecule has 1 saturated heterocycles. The number of ether oxygens (including phenoxy) is 1. The van der Waals surface area contributed by atoms with Crippen LogP contribution in [0.5, 0.6) is 5.75 Å². The third-order valence-electron chi connectivity index (χ3n) is 7.53. The van der Waals surface area contributed by atoms with Gasteiger partial charge in [-0.15, -0.1) is 0 Å². The zero-order valence-electron chi connectivity index (χ0n) is 20.3. The second-order valence-corrected chi connectivity index (χ2v) is 9.46. The van der Waals surface area contributed by atoms with Crippen LogP contribution in [0, 0.1) is 0 Å². The van der Waals surface area contributed by atoms with E-state index in [2.05, 4.69) is 21.9 Å². The van der Waals surface area contributed by atoms with Crippen LogP contribution in [0.3, 0.4) is 0 Å². The van der Waals surface area contributed by atoms with Crippen molar-refractivity contribution in [1.82, 2.24) is 4.90 Å². The summed E-state index contributed by atoms with van der Waals surface area (Å²) in [5.41, 5.74) is 2.06. The van der Waals surface area contributed by atoms with Gasteiger partial charge >= 0.3 is 0 Å². The van der Waals surface area contributed by atoms with Gasteiger partial charge in [0.15, 0.2) is 11.6 Å². The van der Waals surface area contributed by atoms with Gasteiger partial charge < -0.3 is 9.64 Å². The van der Waals surface area contributed by atoms with Crippen LogP contribution < -0.4 is 9.64 Å². The van der Waals surface area contributed by atoms with Gasteiger partial charge in [0.05, 0.1) is 7.11 Å². The van der Waals surface area contributed by atoms with Gasteiger partial charge in [0.25, 0.3) is 0 Å². The van der Waals surface area contributed by atoms with Gasteiger partial charge in [0, 0.05) is 49.1 Å². The molecule has 0 saturated carbocycles. The molecule has 3 aromatic rings.